The maximum atomic E-state index is 12.3. The quantitative estimate of drug-likeness (QED) is 0.857. The van der Waals surface area contributed by atoms with Crippen LogP contribution in [0, 0.1) is 0 Å². The Morgan fingerprint density at radius 2 is 1.88 bits per heavy atom. The molecule has 0 saturated carbocycles. The number of nitrogens with zero attached hydrogens (tertiary/aromatic N) is 1. The molecule has 2 aromatic rings. The van der Waals surface area contributed by atoms with E-state index in [1.807, 2.05) is 20.8 Å². The molecule has 0 bridgehead atoms. The molecular weight excluding hydrogens is 340 g/mol. The molecule has 0 spiro atoms. The second kappa shape index (κ2) is 7.66. The van der Waals surface area contributed by atoms with Crippen molar-refractivity contribution in [1.82, 2.24) is 10.3 Å². The lowest BCUT2D eigenvalue weighted by atomic mass is 10.0. The van der Waals surface area contributed by atoms with Crippen LogP contribution in [0.3, 0.4) is 0 Å². The number of phenolic OH excluding ortho intramolecular Hbond substituents is 1. The van der Waals surface area contributed by atoms with Crippen molar-refractivity contribution in [2.24, 2.45) is 0 Å². The van der Waals surface area contributed by atoms with Gasteiger partial charge >= 0.3 is 0 Å². The number of halogens is 1. The van der Waals surface area contributed by atoms with E-state index in [0.717, 1.165) is 0 Å². The number of carbonyl (C=O) groups excluding carboxylic acids is 2. The Balaban J connectivity index is 2.06. The molecule has 1 aromatic heterocycles. The van der Waals surface area contributed by atoms with Crippen molar-refractivity contribution in [3.8, 4) is 5.75 Å². The maximum absolute atomic E-state index is 12.3. The molecule has 6 heteroatoms. The lowest BCUT2D eigenvalue weighted by Crippen LogP contribution is -2.40. The molecule has 0 fully saturated rings. The fraction of sp³-hybridized carbons (Fsp3) is 0.316. The van der Waals surface area contributed by atoms with Crippen LogP contribution in [-0.4, -0.2) is 27.3 Å². The van der Waals surface area contributed by atoms with Gasteiger partial charge in [-0.25, -0.2) is 0 Å². The van der Waals surface area contributed by atoms with Crippen LogP contribution in [0.25, 0.3) is 0 Å². The summed E-state index contributed by atoms with van der Waals surface area (Å²) in [6, 6.07) is 7.98. The Hall–Kier alpha value is -2.40. The van der Waals surface area contributed by atoms with Crippen molar-refractivity contribution in [2.75, 3.05) is 0 Å². The van der Waals surface area contributed by atoms with Gasteiger partial charge in [0.2, 0.25) is 0 Å². The van der Waals surface area contributed by atoms with Gasteiger partial charge in [-0.1, -0.05) is 17.7 Å². The van der Waals surface area contributed by atoms with Gasteiger partial charge in [-0.2, -0.15) is 0 Å². The monoisotopic (exact) mass is 360 g/mol. The van der Waals surface area contributed by atoms with E-state index < -0.39 is 0 Å². The van der Waals surface area contributed by atoms with E-state index in [0.29, 0.717) is 16.1 Å². The Morgan fingerprint density at radius 1 is 1.16 bits per heavy atom. The Kier molecular flexibility index (Phi) is 5.80. The molecule has 0 unspecified atom stereocenters. The highest BCUT2D eigenvalue weighted by Crippen LogP contribution is 2.22. The molecule has 0 saturated heterocycles. The van der Waals surface area contributed by atoms with Crippen LogP contribution < -0.4 is 5.32 Å². The van der Waals surface area contributed by atoms with E-state index >= 15 is 0 Å². The lowest BCUT2D eigenvalue weighted by molar-refractivity contribution is -0.117. The Bertz CT molecular complexity index is 797. The van der Waals surface area contributed by atoms with Gasteiger partial charge in [0, 0.05) is 35.2 Å². The Morgan fingerprint density at radius 3 is 2.52 bits per heavy atom. The molecule has 1 amide bonds. The molecule has 0 radical (unpaired) electrons. The topological polar surface area (TPSA) is 79.3 Å². The summed E-state index contributed by atoms with van der Waals surface area (Å²) in [6.07, 6.45) is 1.76. The summed E-state index contributed by atoms with van der Waals surface area (Å²) in [5.41, 5.74) is 1.13. The van der Waals surface area contributed by atoms with Crippen LogP contribution in [-0.2, 0) is 17.6 Å². The van der Waals surface area contributed by atoms with Gasteiger partial charge in [-0.3, -0.25) is 14.6 Å². The minimum Gasteiger partial charge on any atom is -0.508 e. The molecule has 2 N–H and O–H groups in total. The molecule has 5 nitrogen and oxygen atoms in total. The maximum Gasteiger partial charge on any atom is 0.270 e. The zero-order valence-electron chi connectivity index (χ0n) is 14.5. The van der Waals surface area contributed by atoms with Crippen LogP contribution >= 0.6 is 11.6 Å². The molecule has 132 valence electrons. The van der Waals surface area contributed by atoms with Crippen LogP contribution in [0.15, 0.2) is 36.5 Å². The van der Waals surface area contributed by atoms with Crippen molar-refractivity contribution in [3.05, 3.63) is 58.4 Å². The third kappa shape index (κ3) is 5.87. The minimum absolute atomic E-state index is 0.000761. The SMILES string of the molecule is CC(C)(C)NC(=O)c1cc(CC(=O)Cc2ccc(Cl)cc2O)ccn1. The number of nitrogens with one attached hydrogen (secondary N) is 1. The van der Waals surface area contributed by atoms with Crippen molar-refractivity contribution in [2.45, 2.75) is 39.2 Å². The summed E-state index contributed by atoms with van der Waals surface area (Å²) in [5.74, 6) is -0.357. The number of Topliss-reactive ketones (excluding diaryl/α,β-unsaturated/α-hetero) is 1. The van der Waals surface area contributed by atoms with Crippen molar-refractivity contribution < 1.29 is 14.7 Å². The fourth-order valence-electron chi connectivity index (χ4n) is 2.30. The largest absolute Gasteiger partial charge is 0.508 e. The summed E-state index contributed by atoms with van der Waals surface area (Å²) >= 11 is 5.79. The molecule has 2 rings (SSSR count). The van der Waals surface area contributed by atoms with Crippen LogP contribution in [0.2, 0.25) is 5.02 Å². The number of hydrogen-bond acceptors (Lipinski definition) is 4. The molecule has 1 aromatic carbocycles. The molecule has 25 heavy (non-hydrogen) atoms. The predicted molar refractivity (Wildman–Crippen MR) is 97.0 cm³/mol. The molecule has 0 aliphatic carbocycles. The summed E-state index contributed by atoms with van der Waals surface area (Å²) in [5, 5.41) is 13.1. The van der Waals surface area contributed by atoms with Crippen LogP contribution in [0.1, 0.15) is 42.4 Å². The second-order valence-electron chi connectivity index (χ2n) is 6.92. The van der Waals surface area contributed by atoms with Gasteiger partial charge in [-0.05, 0) is 50.6 Å². The number of phenols is 1. The number of rotatable bonds is 5. The first-order chi connectivity index (χ1) is 11.6. The lowest BCUT2D eigenvalue weighted by Gasteiger charge is -2.20. The number of benzene rings is 1. The van der Waals surface area contributed by atoms with Crippen molar-refractivity contribution in [1.29, 1.82) is 0 Å². The van der Waals surface area contributed by atoms with E-state index in [1.165, 1.54) is 12.3 Å². The summed E-state index contributed by atoms with van der Waals surface area (Å²) < 4.78 is 0. The van der Waals surface area contributed by atoms with Gasteiger partial charge in [-0.15, -0.1) is 0 Å². The Labute approximate surface area is 152 Å². The summed E-state index contributed by atoms with van der Waals surface area (Å²) in [7, 11) is 0. The summed E-state index contributed by atoms with van der Waals surface area (Å²) in [6.45, 7) is 5.66. The van der Waals surface area contributed by atoms with Crippen molar-refractivity contribution in [3.63, 3.8) is 0 Å². The second-order valence-corrected chi connectivity index (χ2v) is 7.36. The number of ketones is 1. The first-order valence-corrected chi connectivity index (χ1v) is 8.28. The average molecular weight is 361 g/mol. The van der Waals surface area contributed by atoms with Gasteiger partial charge in [0.1, 0.15) is 17.2 Å². The van der Waals surface area contributed by atoms with E-state index in [4.69, 9.17) is 11.6 Å². The van der Waals surface area contributed by atoms with E-state index in [-0.39, 0.29) is 41.5 Å². The van der Waals surface area contributed by atoms with Crippen LogP contribution in [0.5, 0.6) is 5.75 Å². The highest BCUT2D eigenvalue weighted by Gasteiger charge is 2.17. The zero-order chi connectivity index (χ0) is 18.6. The molecule has 0 aliphatic rings. The molecule has 0 aliphatic heterocycles. The van der Waals surface area contributed by atoms with Gasteiger partial charge in [0.15, 0.2) is 0 Å². The van der Waals surface area contributed by atoms with Gasteiger partial charge in [0.05, 0.1) is 0 Å². The van der Waals surface area contributed by atoms with Gasteiger partial charge in [0.25, 0.3) is 5.91 Å². The number of carbonyl (C=O) groups is 2. The number of pyridine rings is 1. The van der Waals surface area contributed by atoms with E-state index in [2.05, 4.69) is 10.3 Å². The third-order valence-electron chi connectivity index (χ3n) is 3.38. The van der Waals surface area contributed by atoms with E-state index in [1.54, 1.807) is 24.3 Å². The van der Waals surface area contributed by atoms with Crippen LogP contribution in [0.4, 0.5) is 0 Å². The number of aromatic nitrogens is 1. The number of aromatic hydroxyl groups is 1. The summed E-state index contributed by atoms with van der Waals surface area (Å²) in [4.78, 5) is 28.5. The highest BCUT2D eigenvalue weighted by molar-refractivity contribution is 6.30. The minimum atomic E-state index is -0.364. The smallest absolute Gasteiger partial charge is 0.270 e. The molecule has 0 atom stereocenters. The highest BCUT2D eigenvalue weighted by atomic mass is 35.5. The number of amides is 1. The first-order valence-electron chi connectivity index (χ1n) is 7.90. The third-order valence-corrected chi connectivity index (χ3v) is 3.62. The average Bonchev–Trinajstić information content (AvgIpc) is 2.48. The molecule has 1 heterocycles. The number of hydrogen-bond donors (Lipinski definition) is 2. The van der Waals surface area contributed by atoms with Gasteiger partial charge < -0.3 is 10.4 Å². The first kappa shape index (κ1) is 18.9. The zero-order valence-corrected chi connectivity index (χ0v) is 15.2. The standard InChI is InChI=1S/C19H21ClN2O3/c1-19(2,3)22-18(25)16-9-12(6-7-21-16)8-15(23)10-13-4-5-14(20)11-17(13)24/h4-7,9,11,24H,8,10H2,1-3H3,(H,22,25). The normalized spacial score (nSPS) is 11.2. The van der Waals surface area contributed by atoms with E-state index in [9.17, 15) is 14.7 Å². The van der Waals surface area contributed by atoms with Crippen molar-refractivity contribution >= 4 is 23.3 Å². The predicted octanol–water partition coefficient (Wildman–Crippen LogP) is 3.32. The fourth-order valence-corrected chi connectivity index (χ4v) is 2.47. The molecular formula is C19H21ClN2O3.